The maximum atomic E-state index is 12.3. The molecule has 1 N–H and O–H groups in total. The molecule has 0 aliphatic heterocycles. The number of hydrogen-bond acceptors (Lipinski definition) is 5. The molecule has 1 amide bonds. The van der Waals surface area contributed by atoms with Crippen molar-refractivity contribution in [3.63, 3.8) is 0 Å². The molecule has 0 radical (unpaired) electrons. The van der Waals surface area contributed by atoms with Crippen LogP contribution in [0.5, 0.6) is 0 Å². The molecule has 0 spiro atoms. The molecule has 0 atom stereocenters. The number of carbonyl (C=O) groups is 1. The zero-order chi connectivity index (χ0) is 18.5. The molecule has 2 heterocycles. The van der Waals surface area contributed by atoms with E-state index in [1.807, 2.05) is 53.2 Å². The first-order chi connectivity index (χ1) is 13.3. The molecule has 0 fully saturated rings. The van der Waals surface area contributed by atoms with E-state index in [9.17, 15) is 4.79 Å². The lowest BCUT2D eigenvalue weighted by Crippen LogP contribution is -2.22. The summed E-state index contributed by atoms with van der Waals surface area (Å²) in [5, 5.41) is 6.73. The Kier molecular flexibility index (Phi) is 4.74. The second-order valence-corrected chi connectivity index (χ2v) is 5.99. The first-order valence-corrected chi connectivity index (χ1v) is 8.49. The monoisotopic (exact) mass is 359 g/mol. The van der Waals surface area contributed by atoms with Crippen molar-refractivity contribution in [3.05, 3.63) is 90.3 Å². The van der Waals surface area contributed by atoms with E-state index < -0.39 is 0 Å². The Morgan fingerprint density at radius 3 is 2.63 bits per heavy atom. The zero-order valence-electron chi connectivity index (χ0n) is 14.4. The Morgan fingerprint density at radius 1 is 1.07 bits per heavy atom. The average molecular weight is 359 g/mol. The van der Waals surface area contributed by atoms with Crippen LogP contribution in [0.15, 0.2) is 77.8 Å². The molecule has 27 heavy (non-hydrogen) atoms. The Labute approximate surface area is 155 Å². The minimum Gasteiger partial charge on any atom is -0.343 e. The maximum absolute atomic E-state index is 12.3. The highest BCUT2D eigenvalue weighted by Crippen LogP contribution is 2.14. The predicted octanol–water partition coefficient (Wildman–Crippen LogP) is 2.91. The number of amides is 1. The van der Waals surface area contributed by atoms with E-state index in [0.29, 0.717) is 23.8 Å². The van der Waals surface area contributed by atoms with Crippen molar-refractivity contribution < 1.29 is 9.32 Å². The molecule has 7 heteroatoms. The van der Waals surface area contributed by atoms with Crippen molar-refractivity contribution in [1.82, 2.24) is 25.0 Å². The van der Waals surface area contributed by atoms with Gasteiger partial charge in [-0.2, -0.15) is 4.98 Å². The number of benzene rings is 2. The van der Waals surface area contributed by atoms with Crippen LogP contribution in [-0.4, -0.2) is 25.6 Å². The molecule has 2 aromatic heterocycles. The number of nitrogens with one attached hydrogen (secondary N) is 1. The average Bonchev–Trinajstić information content (AvgIpc) is 3.39. The molecule has 0 unspecified atom stereocenters. The Balaban J connectivity index is 1.35. The molecule has 0 bridgehead atoms. The van der Waals surface area contributed by atoms with Gasteiger partial charge >= 0.3 is 0 Å². The summed E-state index contributed by atoms with van der Waals surface area (Å²) in [5.74, 6) is 0.672. The minimum atomic E-state index is -0.191. The molecule has 0 aliphatic rings. The summed E-state index contributed by atoms with van der Waals surface area (Å²) >= 11 is 0. The van der Waals surface area contributed by atoms with Gasteiger partial charge in [-0.25, -0.2) is 4.98 Å². The number of rotatable bonds is 6. The summed E-state index contributed by atoms with van der Waals surface area (Å²) in [6.07, 6.45) is 5.39. The third-order valence-electron chi connectivity index (χ3n) is 4.04. The van der Waals surface area contributed by atoms with E-state index in [4.69, 9.17) is 4.52 Å². The lowest BCUT2D eigenvalue weighted by atomic mass is 10.1. The number of aromatic nitrogens is 4. The summed E-state index contributed by atoms with van der Waals surface area (Å²) in [6, 6.07) is 17.0. The third kappa shape index (κ3) is 4.09. The van der Waals surface area contributed by atoms with Gasteiger partial charge in [0.2, 0.25) is 11.7 Å². The summed E-state index contributed by atoms with van der Waals surface area (Å²) in [5.41, 5.74) is 2.54. The minimum absolute atomic E-state index is 0.176. The number of hydrogen-bond donors (Lipinski definition) is 1. The Bertz CT molecular complexity index is 1010. The highest BCUT2D eigenvalue weighted by molar-refractivity contribution is 5.94. The first-order valence-electron chi connectivity index (χ1n) is 8.49. The van der Waals surface area contributed by atoms with Gasteiger partial charge in [0, 0.05) is 30.1 Å². The van der Waals surface area contributed by atoms with Gasteiger partial charge in [0.25, 0.3) is 5.91 Å². The van der Waals surface area contributed by atoms with Crippen LogP contribution in [-0.2, 0) is 13.1 Å². The summed E-state index contributed by atoms with van der Waals surface area (Å²) in [6.45, 7) is 0.890. The van der Waals surface area contributed by atoms with E-state index in [0.717, 1.165) is 11.1 Å². The van der Waals surface area contributed by atoms with Gasteiger partial charge in [-0.1, -0.05) is 47.6 Å². The van der Waals surface area contributed by atoms with Crippen molar-refractivity contribution in [2.45, 2.75) is 13.1 Å². The molecule has 2 aromatic carbocycles. The first kappa shape index (κ1) is 16.7. The van der Waals surface area contributed by atoms with Gasteiger partial charge in [0.15, 0.2) is 0 Å². The maximum Gasteiger partial charge on any atom is 0.251 e. The SMILES string of the molecule is O=C(NCc1nc(-c2ccccc2)no1)c1ccc(Cn2ccnc2)cc1. The van der Waals surface area contributed by atoms with E-state index in [2.05, 4.69) is 20.4 Å². The summed E-state index contributed by atoms with van der Waals surface area (Å²) in [4.78, 5) is 20.6. The topological polar surface area (TPSA) is 85.8 Å². The Hall–Kier alpha value is -3.74. The van der Waals surface area contributed by atoms with E-state index in [-0.39, 0.29) is 12.5 Å². The summed E-state index contributed by atoms with van der Waals surface area (Å²) in [7, 11) is 0. The van der Waals surface area contributed by atoms with Crippen LogP contribution in [0.2, 0.25) is 0 Å². The molecule has 4 aromatic rings. The fourth-order valence-electron chi connectivity index (χ4n) is 2.64. The van der Waals surface area contributed by atoms with Crippen LogP contribution in [0.3, 0.4) is 0 Å². The van der Waals surface area contributed by atoms with Gasteiger partial charge < -0.3 is 14.4 Å². The van der Waals surface area contributed by atoms with Crippen LogP contribution in [0.4, 0.5) is 0 Å². The molecule has 0 saturated heterocycles. The lowest BCUT2D eigenvalue weighted by Gasteiger charge is -2.05. The quantitative estimate of drug-likeness (QED) is 0.572. The Morgan fingerprint density at radius 2 is 1.89 bits per heavy atom. The second-order valence-electron chi connectivity index (χ2n) is 5.99. The van der Waals surface area contributed by atoms with E-state index in [1.165, 1.54) is 0 Å². The van der Waals surface area contributed by atoms with E-state index >= 15 is 0 Å². The van der Waals surface area contributed by atoms with Crippen LogP contribution in [0, 0.1) is 0 Å². The molecule has 0 aliphatic carbocycles. The normalized spacial score (nSPS) is 10.7. The van der Waals surface area contributed by atoms with Crippen LogP contribution >= 0.6 is 0 Å². The van der Waals surface area contributed by atoms with Gasteiger partial charge in [0.1, 0.15) is 0 Å². The van der Waals surface area contributed by atoms with Gasteiger partial charge in [0.05, 0.1) is 12.9 Å². The fourth-order valence-corrected chi connectivity index (χ4v) is 2.64. The number of imidazole rings is 1. The zero-order valence-corrected chi connectivity index (χ0v) is 14.4. The van der Waals surface area contributed by atoms with E-state index in [1.54, 1.807) is 24.7 Å². The van der Waals surface area contributed by atoms with Gasteiger partial charge in [-0.05, 0) is 17.7 Å². The van der Waals surface area contributed by atoms with Crippen LogP contribution < -0.4 is 5.32 Å². The molecular formula is C20H17N5O2. The highest BCUT2D eigenvalue weighted by atomic mass is 16.5. The highest BCUT2D eigenvalue weighted by Gasteiger charge is 2.11. The van der Waals surface area contributed by atoms with Crippen molar-refractivity contribution >= 4 is 5.91 Å². The third-order valence-corrected chi connectivity index (χ3v) is 4.04. The second kappa shape index (κ2) is 7.65. The molecule has 7 nitrogen and oxygen atoms in total. The lowest BCUT2D eigenvalue weighted by molar-refractivity contribution is 0.0946. The summed E-state index contributed by atoms with van der Waals surface area (Å²) < 4.78 is 7.17. The largest absolute Gasteiger partial charge is 0.343 e. The van der Waals surface area contributed by atoms with Crippen LogP contribution in [0.25, 0.3) is 11.4 Å². The van der Waals surface area contributed by atoms with Gasteiger partial charge in [-0.15, -0.1) is 0 Å². The molecule has 0 saturated carbocycles. The molecule has 134 valence electrons. The number of nitrogens with zero attached hydrogens (tertiary/aromatic N) is 4. The standard InChI is InChI=1S/C20H17N5O2/c26-20(17-8-6-15(7-9-17)13-25-11-10-21-14-25)22-12-18-23-19(24-27-18)16-4-2-1-3-5-16/h1-11,14H,12-13H2,(H,22,26). The smallest absolute Gasteiger partial charge is 0.251 e. The van der Waals surface area contributed by atoms with Crippen LogP contribution in [0.1, 0.15) is 21.8 Å². The molecule has 4 rings (SSSR count). The number of carbonyl (C=O) groups excluding carboxylic acids is 1. The fraction of sp³-hybridized carbons (Fsp3) is 0.100. The predicted molar refractivity (Wildman–Crippen MR) is 98.7 cm³/mol. The van der Waals surface area contributed by atoms with Crippen molar-refractivity contribution in [2.24, 2.45) is 0 Å². The van der Waals surface area contributed by atoms with Gasteiger partial charge in [-0.3, -0.25) is 4.79 Å². The van der Waals surface area contributed by atoms with Crippen molar-refractivity contribution in [1.29, 1.82) is 0 Å². The van der Waals surface area contributed by atoms with Crippen molar-refractivity contribution in [3.8, 4) is 11.4 Å². The molecular weight excluding hydrogens is 342 g/mol. The van der Waals surface area contributed by atoms with Crippen molar-refractivity contribution in [2.75, 3.05) is 0 Å².